The Labute approximate surface area is 341 Å². The third kappa shape index (κ3) is 11.0. The molecule has 3 fully saturated rings. The number of carbonyl (C=O) groups excluding carboxylic acids is 3. The number of nitrogens with zero attached hydrogens (tertiary/aromatic N) is 2. The van der Waals surface area contributed by atoms with Crippen molar-refractivity contribution in [1.29, 1.82) is 0 Å². The highest BCUT2D eigenvalue weighted by molar-refractivity contribution is 6.30. The molecule has 0 aromatic heterocycles. The fourth-order valence-electron chi connectivity index (χ4n) is 8.58. The maximum Gasteiger partial charge on any atom is 0.316 e. The van der Waals surface area contributed by atoms with Gasteiger partial charge in [0.25, 0.3) is 0 Å². The second kappa shape index (κ2) is 19.5. The maximum atomic E-state index is 14.5. The lowest BCUT2D eigenvalue weighted by atomic mass is 9.73. The number of aliphatic hydroxyl groups is 2. The molecule has 0 radical (unpaired) electrons. The van der Waals surface area contributed by atoms with Crippen molar-refractivity contribution in [3.8, 4) is 0 Å². The number of Topliss-reactive ketones (excluding diaryl/α,β-unsaturated/α-hetero) is 1. The largest absolute Gasteiger partial charge is 0.459 e. The summed E-state index contributed by atoms with van der Waals surface area (Å²) in [4.78, 5) is 47.5. The van der Waals surface area contributed by atoms with Crippen LogP contribution in [0.25, 0.3) is 6.08 Å². The number of cyclic esters (lactones) is 1. The number of rotatable bonds is 6. The summed E-state index contributed by atoms with van der Waals surface area (Å²) in [6, 6.07) is 4.04. The van der Waals surface area contributed by atoms with Crippen molar-refractivity contribution in [2.75, 3.05) is 27.3 Å². The molecule has 13 atom stereocenters. The van der Waals surface area contributed by atoms with Gasteiger partial charge < -0.3 is 38.8 Å². The lowest BCUT2D eigenvalue weighted by molar-refractivity contribution is -0.296. The average molecular weight is 821 g/mol. The van der Waals surface area contributed by atoms with Gasteiger partial charge in [0.2, 0.25) is 5.91 Å². The van der Waals surface area contributed by atoms with Crippen LogP contribution >= 0.6 is 11.6 Å². The van der Waals surface area contributed by atoms with Crippen LogP contribution in [0.5, 0.6) is 0 Å². The molecule has 3 heterocycles. The second-order valence-electron chi connectivity index (χ2n) is 16.7. The highest BCUT2D eigenvalue weighted by atomic mass is 35.5. The maximum absolute atomic E-state index is 14.5. The smallest absolute Gasteiger partial charge is 0.316 e. The standard InChI is InChI=1S/C43H62ClFN2O10/c1-12-34-43(9,52)39-25(4)35(46-28(7)48)23(2)20-42(8,54-22-30(21-53-39)15-13-14-29-16-17-32(45)31(44)19-29)38(26(5)36(49)27(6)40(51)56-34)57-41-37(50)33(47(10)11)18-24(3)55-41/h13-17,19,23-27,33-34,37-39,41,50,52H,12,18,20-22H2,1-11H3/b14-13+,30-15-,46-35?/t23?,24-,25?,26+,27-,33+,34+,37?,38?,39?,41+,42-,43-/m1/s1. The number of allylic oxidation sites excluding steroid dienone is 2. The fourth-order valence-corrected chi connectivity index (χ4v) is 8.77. The first kappa shape index (κ1) is 46.8. The number of amides is 1. The topological polar surface area (TPSA) is 153 Å². The summed E-state index contributed by atoms with van der Waals surface area (Å²) in [5.41, 5.74) is -1.52. The van der Waals surface area contributed by atoms with Crippen molar-refractivity contribution in [3.63, 3.8) is 0 Å². The van der Waals surface area contributed by atoms with Crippen LogP contribution in [0.1, 0.15) is 87.1 Å². The Bertz CT molecular complexity index is 1700. The third-order valence-corrected chi connectivity index (χ3v) is 12.0. The van der Waals surface area contributed by atoms with E-state index in [0.717, 1.165) is 0 Å². The predicted octanol–water partition coefficient (Wildman–Crippen LogP) is 5.98. The summed E-state index contributed by atoms with van der Waals surface area (Å²) in [5.74, 6) is -5.81. The number of esters is 1. The SMILES string of the molecule is CC[C@@H]1OC(=O)[C@H](C)C(=O)[C@H](C)C(O[C@@H]2O[C@H](C)C[C@H](N(C)C)C2O)[C@@]2(C)CC(C)C(=NC(C)=O)C(C)C(OC/C(=C/C=C/c3ccc(F)c(Cl)c3)CO2)[C@]1(C)O. The first-order valence-electron chi connectivity index (χ1n) is 19.9. The van der Waals surface area contributed by atoms with Gasteiger partial charge in [0, 0.05) is 30.5 Å². The Morgan fingerprint density at radius 2 is 1.81 bits per heavy atom. The Morgan fingerprint density at radius 1 is 1.12 bits per heavy atom. The van der Waals surface area contributed by atoms with Gasteiger partial charge in [-0.1, -0.05) is 63.6 Å². The molecule has 0 aliphatic carbocycles. The highest BCUT2D eigenvalue weighted by Crippen LogP contribution is 2.40. The zero-order valence-corrected chi connectivity index (χ0v) is 35.9. The highest BCUT2D eigenvalue weighted by Gasteiger charge is 2.53. The summed E-state index contributed by atoms with van der Waals surface area (Å²) in [7, 11) is 3.72. The van der Waals surface area contributed by atoms with Crippen molar-refractivity contribution >= 4 is 41.0 Å². The van der Waals surface area contributed by atoms with E-state index in [0.29, 0.717) is 23.3 Å². The molecule has 3 aliphatic rings. The van der Waals surface area contributed by atoms with Crippen molar-refractivity contribution in [3.05, 3.63) is 52.3 Å². The number of fused-ring (bicyclic) bond motifs is 5. The molecule has 5 unspecified atom stereocenters. The molecule has 3 aliphatic heterocycles. The normalized spacial score (nSPS) is 39.2. The van der Waals surface area contributed by atoms with Gasteiger partial charge in [-0.05, 0) is 90.2 Å². The Kier molecular flexibility index (Phi) is 16.0. The molecule has 1 amide bonds. The van der Waals surface area contributed by atoms with Crippen LogP contribution in [-0.4, -0.2) is 120 Å². The van der Waals surface area contributed by atoms with Gasteiger partial charge >= 0.3 is 5.97 Å². The lowest BCUT2D eigenvalue weighted by Gasteiger charge is -2.47. The molecule has 3 saturated heterocycles. The van der Waals surface area contributed by atoms with Crippen LogP contribution < -0.4 is 0 Å². The molecule has 57 heavy (non-hydrogen) atoms. The number of likely N-dealkylation sites (N-methyl/N-ethyl adjacent to an activating group) is 1. The third-order valence-electron chi connectivity index (χ3n) is 11.7. The van der Waals surface area contributed by atoms with E-state index in [4.69, 9.17) is 35.3 Å². The Hall–Kier alpha value is -2.88. The summed E-state index contributed by atoms with van der Waals surface area (Å²) >= 11 is 6.04. The van der Waals surface area contributed by atoms with E-state index in [1.807, 2.05) is 39.8 Å². The van der Waals surface area contributed by atoms with Crippen molar-refractivity contribution in [2.24, 2.45) is 28.7 Å². The first-order chi connectivity index (χ1) is 26.6. The van der Waals surface area contributed by atoms with Gasteiger partial charge in [-0.3, -0.25) is 14.4 Å². The summed E-state index contributed by atoms with van der Waals surface area (Å²) in [6.07, 6.45) is 0.250. The number of halogens is 2. The molecule has 4 rings (SSSR count). The lowest BCUT2D eigenvalue weighted by Crippen LogP contribution is -2.60. The van der Waals surface area contributed by atoms with E-state index in [9.17, 15) is 29.0 Å². The van der Waals surface area contributed by atoms with E-state index in [2.05, 4.69) is 4.99 Å². The molecule has 14 heteroatoms. The molecular formula is C43H62ClFN2O10. The Balaban J connectivity index is 1.97. The fraction of sp³-hybridized carbons (Fsp3) is 0.674. The van der Waals surface area contributed by atoms with Gasteiger partial charge in [-0.2, -0.15) is 0 Å². The number of hydrogen-bond donors (Lipinski definition) is 2. The minimum atomic E-state index is -1.83. The summed E-state index contributed by atoms with van der Waals surface area (Å²) in [5, 5.41) is 24.0. The van der Waals surface area contributed by atoms with Crippen LogP contribution in [0.15, 0.2) is 40.9 Å². The van der Waals surface area contributed by atoms with E-state index in [-0.39, 0.29) is 43.2 Å². The van der Waals surface area contributed by atoms with Gasteiger partial charge in [0.1, 0.15) is 29.5 Å². The quantitative estimate of drug-likeness (QED) is 0.258. The minimum Gasteiger partial charge on any atom is -0.459 e. The van der Waals surface area contributed by atoms with Crippen molar-refractivity contribution in [2.45, 2.75) is 136 Å². The second-order valence-corrected chi connectivity index (χ2v) is 17.1. The first-order valence-corrected chi connectivity index (χ1v) is 20.3. The number of benzene rings is 1. The zero-order valence-electron chi connectivity index (χ0n) is 35.2. The van der Waals surface area contributed by atoms with E-state index in [1.54, 1.807) is 45.1 Å². The van der Waals surface area contributed by atoms with Crippen LogP contribution in [0, 0.1) is 29.5 Å². The average Bonchev–Trinajstić information content (AvgIpc) is 3.15. The van der Waals surface area contributed by atoms with E-state index < -0.39 is 89.1 Å². The van der Waals surface area contributed by atoms with Gasteiger partial charge in [0.05, 0.1) is 42.1 Å². The van der Waals surface area contributed by atoms with E-state index >= 15 is 0 Å². The zero-order chi connectivity index (χ0) is 42.6. The minimum absolute atomic E-state index is 0.0238. The Morgan fingerprint density at radius 3 is 2.42 bits per heavy atom. The number of ether oxygens (including phenoxy) is 5. The molecule has 1 aromatic rings. The van der Waals surface area contributed by atoms with Gasteiger partial charge in [-0.15, -0.1) is 0 Å². The van der Waals surface area contributed by atoms with Crippen LogP contribution in [-0.2, 0) is 38.1 Å². The van der Waals surface area contributed by atoms with Crippen LogP contribution in [0.4, 0.5) is 4.39 Å². The molecule has 12 nitrogen and oxygen atoms in total. The molecule has 0 saturated carbocycles. The van der Waals surface area contributed by atoms with E-state index in [1.165, 1.54) is 32.9 Å². The number of hydrogen-bond acceptors (Lipinski definition) is 11. The molecule has 2 N–H and O–H groups in total. The predicted molar refractivity (Wildman–Crippen MR) is 215 cm³/mol. The summed E-state index contributed by atoms with van der Waals surface area (Å²) < 4.78 is 46.4. The molecular weight excluding hydrogens is 759 g/mol. The summed E-state index contributed by atoms with van der Waals surface area (Å²) in [6.45, 7) is 15.0. The molecule has 318 valence electrons. The van der Waals surface area contributed by atoms with Gasteiger partial charge in [-0.25, -0.2) is 9.38 Å². The van der Waals surface area contributed by atoms with Crippen LogP contribution in [0.2, 0.25) is 5.02 Å². The monoisotopic (exact) mass is 820 g/mol. The number of aliphatic hydroxyl groups excluding tert-OH is 1. The van der Waals surface area contributed by atoms with Crippen molar-refractivity contribution < 1.29 is 52.7 Å². The molecule has 2 bridgehead atoms. The number of carbonyl (C=O) groups is 3. The van der Waals surface area contributed by atoms with Crippen LogP contribution in [0.3, 0.4) is 0 Å². The number of aliphatic imine (C=N–C) groups is 1. The van der Waals surface area contributed by atoms with Gasteiger partial charge in [0.15, 0.2) is 12.1 Å². The van der Waals surface area contributed by atoms with Crippen molar-refractivity contribution in [1.82, 2.24) is 4.90 Å². The molecule has 1 aromatic carbocycles. The number of ketones is 1. The molecule has 0 spiro atoms.